The average molecular weight is 739 g/mol. The largest absolute Gasteiger partial charge is 1.00 e. The number of phenolic OH excluding ortho intramolecular Hbond substituents is 1. The Morgan fingerprint density at radius 1 is 1.14 bits per heavy atom. The molecule has 49 heavy (non-hydrogen) atoms. The molecule has 4 atom stereocenters. The molecule has 15 heteroatoms. The number of rotatable bonds is 9. The van der Waals surface area contributed by atoms with Gasteiger partial charge < -0.3 is 56.1 Å². The van der Waals surface area contributed by atoms with Crippen LogP contribution in [-0.2, 0) is 20.8 Å². The fourth-order valence-electron chi connectivity index (χ4n) is 6.84. The van der Waals surface area contributed by atoms with Crippen LogP contribution in [0.1, 0.15) is 34.8 Å². The molecule has 3 aliphatic rings. The molecule has 1 fully saturated rings. The summed E-state index contributed by atoms with van der Waals surface area (Å²) in [5.41, 5.74) is 3.76. The van der Waals surface area contributed by atoms with Crippen LogP contribution in [0.5, 0.6) is 5.75 Å². The molecule has 0 aliphatic heterocycles. The first-order valence-electron chi connectivity index (χ1n) is 15.9. The van der Waals surface area contributed by atoms with Crippen LogP contribution in [0, 0.1) is 11.8 Å². The van der Waals surface area contributed by atoms with Crippen molar-refractivity contribution in [1.29, 1.82) is 1.28 Å². The van der Waals surface area contributed by atoms with E-state index in [1.165, 1.54) is 11.0 Å². The Morgan fingerprint density at radius 3 is 2.41 bits per heavy atom. The van der Waals surface area contributed by atoms with E-state index in [4.69, 9.17) is 7.01 Å². The first-order chi connectivity index (χ1) is 23.1. The van der Waals surface area contributed by atoms with Crippen molar-refractivity contribution in [3.63, 3.8) is 0 Å². The number of hydrogen-bond acceptors (Lipinski definition) is 11. The minimum atomic E-state index is -2.70. The fourth-order valence-corrected chi connectivity index (χ4v) is 6.84. The maximum atomic E-state index is 14.0. The van der Waals surface area contributed by atoms with Crippen LogP contribution in [0.4, 0.5) is 0 Å². The smallest absolute Gasteiger partial charge is 0.508 e. The molecule has 0 unspecified atom stereocenters. The molecule has 0 spiro atoms. The Balaban J connectivity index is 0.00000105. The summed E-state index contributed by atoms with van der Waals surface area (Å²) in [6, 6.07) is 8.76. The number of hydrogen-bond donors (Lipinski definition) is 6. The van der Waals surface area contributed by atoms with E-state index < -0.39 is 58.0 Å². The monoisotopic (exact) mass is 738 g/mol. The molecule has 2 aromatic rings. The number of carbonyl (C=O) groups excluding carboxylic acids is 4. The zero-order chi connectivity index (χ0) is 36.4. The second-order valence-corrected chi connectivity index (χ2v) is 14.1. The Labute approximate surface area is 336 Å². The molecule has 5 rings (SSSR count). The van der Waals surface area contributed by atoms with Crippen molar-refractivity contribution >= 4 is 48.9 Å². The van der Waals surface area contributed by atoms with Crippen molar-refractivity contribution < 1.29 is 91.0 Å². The standard InChI is InChI=1S/C32H36N4O8.C2H6PS.K/c1-35(2)11-10-34-31(43)16-7-5-6-15(12-16)18-8-9-21(37)23-19(18)13-17-14-20-25(36(3)4)27(39)24(30(33)42)29(41)32(20,44)28(40)22(17)26(23)38;1-2-4-3;/h5-9,12,17,20,25,37-38,41,44H,10-11,13-14H2,1-4H3,(H2,33,42)(H,34,43);3H,2H2,1H3;/q;-1;+1/t17-,20-,25-,32-;;/m0../s1/i;3T;. The van der Waals surface area contributed by atoms with Crippen LogP contribution >= 0.6 is 19.8 Å². The van der Waals surface area contributed by atoms with E-state index in [1.54, 1.807) is 55.8 Å². The number of ketones is 2. The number of amides is 2. The van der Waals surface area contributed by atoms with Crippen molar-refractivity contribution in [3.05, 3.63) is 70.0 Å². The number of nitrogens with one attached hydrogen (secondary N) is 1. The molecule has 3 aliphatic carbocycles. The molecular formula is C34H42KN4O8PS. The van der Waals surface area contributed by atoms with Gasteiger partial charge >= 0.3 is 51.4 Å². The number of fused-ring (bicyclic) bond motifs is 3. The average Bonchev–Trinajstić information content (AvgIpc) is 3.03. The molecule has 258 valence electrons. The van der Waals surface area contributed by atoms with Crippen molar-refractivity contribution in [1.82, 2.24) is 15.1 Å². The van der Waals surface area contributed by atoms with E-state index in [1.807, 2.05) is 25.9 Å². The number of carbonyl (C=O) groups is 4. The molecule has 1 saturated carbocycles. The van der Waals surface area contributed by atoms with Crippen LogP contribution in [0.15, 0.2) is 53.3 Å². The van der Waals surface area contributed by atoms with Gasteiger partial charge in [0, 0.05) is 30.1 Å². The van der Waals surface area contributed by atoms with Gasteiger partial charge in [-0.15, -0.1) is 0 Å². The third-order valence-corrected chi connectivity index (χ3v) is 10.0. The van der Waals surface area contributed by atoms with Gasteiger partial charge in [0.25, 0.3) is 11.8 Å². The quantitative estimate of drug-likeness (QED) is 0.113. The summed E-state index contributed by atoms with van der Waals surface area (Å²) in [6.07, 6.45) is 0.118. The van der Waals surface area contributed by atoms with Crippen LogP contribution in [0.2, 0.25) is 0 Å². The summed E-state index contributed by atoms with van der Waals surface area (Å²) >= 11 is 1.60. The predicted octanol–water partition coefficient (Wildman–Crippen LogP) is -0.276. The normalized spacial score (nSPS) is 23.3. The number of likely N-dealkylation sites (N-methyl/N-ethyl adjacent to an activating group) is 2. The summed E-state index contributed by atoms with van der Waals surface area (Å²) in [5, 5.41) is 48.0. The van der Waals surface area contributed by atoms with Crippen molar-refractivity contribution in [2.24, 2.45) is 17.6 Å². The van der Waals surface area contributed by atoms with Gasteiger partial charge in [-0.25, -0.2) is 0 Å². The van der Waals surface area contributed by atoms with Crippen LogP contribution < -0.4 is 62.4 Å². The summed E-state index contributed by atoms with van der Waals surface area (Å²) in [4.78, 5) is 55.7. The Bertz CT molecular complexity index is 1740. The molecule has 7 N–H and O–H groups in total. The zero-order valence-electron chi connectivity index (χ0n) is 29.5. The van der Waals surface area contributed by atoms with E-state index in [-0.39, 0.29) is 87.0 Å². The van der Waals surface area contributed by atoms with E-state index in [2.05, 4.69) is 5.32 Å². The molecular weight excluding hydrogens is 695 g/mol. The number of aliphatic hydroxyl groups is 3. The van der Waals surface area contributed by atoms with E-state index >= 15 is 0 Å². The third kappa shape index (κ3) is 7.89. The molecule has 0 heterocycles. The molecule has 0 saturated heterocycles. The number of primary amides is 1. The van der Waals surface area contributed by atoms with Crippen molar-refractivity contribution in [2.45, 2.75) is 31.4 Å². The van der Waals surface area contributed by atoms with Gasteiger partial charge in [0.2, 0.25) is 5.78 Å². The van der Waals surface area contributed by atoms with Gasteiger partial charge in [-0.1, -0.05) is 25.1 Å². The topological polar surface area (TPSA) is 194 Å². The van der Waals surface area contributed by atoms with E-state index in [9.17, 15) is 39.6 Å². The molecule has 0 bridgehead atoms. The third-order valence-electron chi connectivity index (χ3n) is 9.01. The minimum absolute atomic E-state index is 0. The first-order valence-corrected chi connectivity index (χ1v) is 17.4. The fraction of sp³-hybridized carbons (Fsp3) is 0.412. The second-order valence-electron chi connectivity index (χ2n) is 12.5. The first kappa shape index (κ1) is 39.7. The van der Waals surface area contributed by atoms with E-state index in [0.717, 1.165) is 5.75 Å². The number of aliphatic hydroxyl groups excluding tert-OH is 2. The maximum absolute atomic E-state index is 14.0. The van der Waals surface area contributed by atoms with Crippen molar-refractivity contribution in [2.75, 3.05) is 47.0 Å². The second kappa shape index (κ2) is 16.9. The summed E-state index contributed by atoms with van der Waals surface area (Å²) in [6.45, 7) is 3.17. The van der Waals surface area contributed by atoms with Gasteiger partial charge in [0.15, 0.2) is 11.4 Å². The van der Waals surface area contributed by atoms with Gasteiger partial charge in [-0.05, 0) is 87.6 Å². The Morgan fingerprint density at radius 2 is 1.84 bits per heavy atom. The zero-order valence-corrected chi connectivity index (χ0v) is 33.3. The number of benzene rings is 2. The van der Waals surface area contributed by atoms with Crippen LogP contribution in [0.3, 0.4) is 0 Å². The molecule has 12 nitrogen and oxygen atoms in total. The van der Waals surface area contributed by atoms with Crippen LogP contribution in [0.25, 0.3) is 16.9 Å². The van der Waals surface area contributed by atoms with E-state index in [0.29, 0.717) is 43.7 Å². The molecule has 0 radical (unpaired) electrons. The Kier molecular flexibility index (Phi) is 13.7. The maximum Gasteiger partial charge on any atom is 1.00 e. The van der Waals surface area contributed by atoms with Gasteiger partial charge in [-0.3, -0.25) is 24.1 Å². The number of aromatic hydroxyl groups is 1. The number of phenols is 1. The van der Waals surface area contributed by atoms with Crippen molar-refractivity contribution in [3.8, 4) is 16.9 Å². The van der Waals surface area contributed by atoms with Gasteiger partial charge in [0.05, 0.1) is 11.6 Å². The van der Waals surface area contributed by atoms with Crippen LogP contribution in [-0.4, -0.2) is 114 Å². The number of Topliss-reactive ketones (excluding diaryl/α,β-unsaturated/α-hetero) is 2. The number of nitrogens with two attached hydrogens (primary N) is 1. The predicted molar refractivity (Wildman–Crippen MR) is 187 cm³/mol. The van der Waals surface area contributed by atoms with Gasteiger partial charge in [0.1, 0.15) is 22.8 Å². The SMILES string of the molecule is CN(C)CCNC(=O)c1cccc(-c2ccc(O)c3c2C[C@H]2C[C@H]4[C@H](N(C)C)C(=O)C(C(N)=O)=C(O)[C@@]4(O)C(=O)C2=C3O)c1.[3H][P-]SCC.[K+]. The number of nitrogens with zero attached hydrogens (tertiary/aromatic N) is 2. The summed E-state index contributed by atoms with van der Waals surface area (Å²) in [7, 11) is 7.60. The van der Waals surface area contributed by atoms with Gasteiger partial charge in [-0.2, -0.15) is 1.28 Å². The minimum Gasteiger partial charge on any atom is -0.508 e. The summed E-state index contributed by atoms with van der Waals surface area (Å²) < 4.78 is 6.54. The molecule has 2 amide bonds. The molecule has 0 aromatic heterocycles. The molecule has 2 aromatic carbocycles. The Hall–Kier alpha value is -2.10. The summed E-state index contributed by atoms with van der Waals surface area (Å²) in [5.74, 6) is -6.27.